The molecule has 0 aliphatic rings. The van der Waals surface area contributed by atoms with Gasteiger partial charge in [-0.15, -0.1) is 0 Å². The van der Waals surface area contributed by atoms with Crippen LogP contribution in [0.4, 0.5) is 0 Å². The minimum atomic E-state index is -0.856. The number of amides is 1. The normalized spacial score (nSPS) is 13.2. The van der Waals surface area contributed by atoms with E-state index in [1.165, 1.54) is 199 Å². The summed E-state index contributed by atoms with van der Waals surface area (Å²) in [5.74, 6) is -0.0754. The second kappa shape index (κ2) is 46.0. The molecule has 54 heavy (non-hydrogen) atoms. The zero-order valence-electron chi connectivity index (χ0n) is 36.5. The van der Waals surface area contributed by atoms with Gasteiger partial charge in [-0.1, -0.05) is 237 Å². The Balaban J connectivity index is 3.34. The minimum Gasteiger partial charge on any atom is -0.394 e. The van der Waals surface area contributed by atoms with Crippen molar-refractivity contribution in [3.63, 3.8) is 0 Å². The molecule has 0 aliphatic carbocycles. The van der Waals surface area contributed by atoms with Gasteiger partial charge in [-0.05, 0) is 51.4 Å². The highest BCUT2D eigenvalue weighted by molar-refractivity contribution is 5.76. The molecule has 0 saturated carbocycles. The van der Waals surface area contributed by atoms with Crippen molar-refractivity contribution >= 4 is 5.91 Å². The summed E-state index contributed by atoms with van der Waals surface area (Å²) in [5, 5.41) is 22.7. The summed E-state index contributed by atoms with van der Waals surface area (Å²) >= 11 is 0. The van der Waals surface area contributed by atoms with E-state index in [-0.39, 0.29) is 12.5 Å². The molecule has 0 saturated heterocycles. The Morgan fingerprint density at radius 2 is 0.759 bits per heavy atom. The van der Waals surface area contributed by atoms with Crippen molar-refractivity contribution in [2.45, 2.75) is 270 Å². The minimum absolute atomic E-state index is 0.0754. The van der Waals surface area contributed by atoms with Gasteiger partial charge in [0.2, 0.25) is 5.91 Å². The van der Waals surface area contributed by atoms with E-state index in [9.17, 15) is 15.0 Å². The number of aliphatic hydroxyl groups excluding tert-OH is 2. The van der Waals surface area contributed by atoms with Crippen molar-refractivity contribution < 1.29 is 15.0 Å². The third kappa shape index (κ3) is 41.8. The van der Waals surface area contributed by atoms with Crippen molar-refractivity contribution in [2.75, 3.05) is 6.61 Å². The van der Waals surface area contributed by atoms with Crippen LogP contribution >= 0.6 is 0 Å². The molecular weight excluding hydrogens is 663 g/mol. The lowest BCUT2D eigenvalue weighted by Gasteiger charge is -2.19. The summed E-state index contributed by atoms with van der Waals surface area (Å²) in [6.45, 7) is 4.20. The fourth-order valence-corrected chi connectivity index (χ4v) is 7.37. The third-order valence-corrected chi connectivity index (χ3v) is 11.1. The van der Waals surface area contributed by atoms with E-state index in [0.717, 1.165) is 38.5 Å². The van der Waals surface area contributed by atoms with Crippen LogP contribution in [0.1, 0.15) is 258 Å². The van der Waals surface area contributed by atoms with Crippen molar-refractivity contribution in [1.29, 1.82) is 0 Å². The Morgan fingerprint density at radius 3 is 1.15 bits per heavy atom. The molecule has 4 heteroatoms. The van der Waals surface area contributed by atoms with Crippen molar-refractivity contribution in [1.82, 2.24) is 5.32 Å². The number of hydrogen-bond donors (Lipinski definition) is 3. The highest BCUT2D eigenvalue weighted by Gasteiger charge is 2.17. The van der Waals surface area contributed by atoms with Crippen LogP contribution in [0, 0.1) is 0 Å². The number of aliphatic hydroxyl groups is 2. The Hall–Kier alpha value is -1.39. The number of unbranched alkanes of at least 4 members (excludes halogenated alkanes) is 33. The van der Waals surface area contributed by atoms with Gasteiger partial charge in [0.25, 0.3) is 0 Å². The van der Waals surface area contributed by atoms with Gasteiger partial charge in [-0.3, -0.25) is 4.79 Å². The second-order valence-corrected chi connectivity index (χ2v) is 16.5. The quantitative estimate of drug-likeness (QED) is 0.0428. The maximum absolute atomic E-state index is 12.3. The van der Waals surface area contributed by atoms with E-state index in [1.807, 2.05) is 6.08 Å². The van der Waals surface area contributed by atoms with E-state index in [4.69, 9.17) is 0 Å². The van der Waals surface area contributed by atoms with E-state index < -0.39 is 12.1 Å². The summed E-state index contributed by atoms with van der Waals surface area (Å²) in [6, 6.07) is -0.633. The first kappa shape index (κ1) is 52.6. The van der Waals surface area contributed by atoms with Crippen LogP contribution in [0.3, 0.4) is 0 Å². The summed E-state index contributed by atoms with van der Waals surface area (Å²) in [6.07, 6.45) is 61.8. The molecule has 0 aromatic carbocycles. The highest BCUT2D eigenvalue weighted by atomic mass is 16.3. The highest BCUT2D eigenvalue weighted by Crippen LogP contribution is 2.16. The van der Waals surface area contributed by atoms with Crippen LogP contribution in [0.5, 0.6) is 0 Å². The average molecular weight is 758 g/mol. The first-order valence-corrected chi connectivity index (χ1v) is 24.2. The molecule has 2 atom stereocenters. The number of carbonyl (C=O) groups is 1. The summed E-state index contributed by atoms with van der Waals surface area (Å²) < 4.78 is 0. The van der Waals surface area contributed by atoms with Gasteiger partial charge < -0.3 is 15.5 Å². The largest absolute Gasteiger partial charge is 0.394 e. The van der Waals surface area contributed by atoms with Crippen LogP contribution in [0.15, 0.2) is 36.5 Å². The predicted octanol–water partition coefficient (Wildman–Crippen LogP) is 15.4. The van der Waals surface area contributed by atoms with Gasteiger partial charge in [0.1, 0.15) is 0 Å². The lowest BCUT2D eigenvalue weighted by molar-refractivity contribution is -0.123. The molecule has 0 spiro atoms. The van der Waals surface area contributed by atoms with E-state index >= 15 is 0 Å². The second-order valence-electron chi connectivity index (χ2n) is 16.5. The predicted molar refractivity (Wildman–Crippen MR) is 239 cm³/mol. The van der Waals surface area contributed by atoms with E-state index in [0.29, 0.717) is 6.42 Å². The van der Waals surface area contributed by atoms with Gasteiger partial charge in [0.05, 0.1) is 18.8 Å². The average Bonchev–Trinajstić information content (AvgIpc) is 3.18. The third-order valence-electron chi connectivity index (χ3n) is 11.1. The smallest absolute Gasteiger partial charge is 0.220 e. The van der Waals surface area contributed by atoms with Crippen LogP contribution < -0.4 is 5.32 Å². The fourth-order valence-electron chi connectivity index (χ4n) is 7.37. The number of rotatable bonds is 44. The van der Waals surface area contributed by atoms with Crippen LogP contribution in [0.2, 0.25) is 0 Å². The number of carbonyl (C=O) groups excluding carboxylic acids is 1. The van der Waals surface area contributed by atoms with Crippen LogP contribution in [-0.2, 0) is 4.79 Å². The molecule has 2 unspecified atom stereocenters. The zero-order chi connectivity index (χ0) is 39.3. The SMILES string of the molecule is CCC/C=C/CC/C=C/C(O)C(CO)NC(=O)CCCCCCCCCCCCCCCCCCCCCCCCC/C=C\CCCCCCCCCC. The fraction of sp³-hybridized carbons (Fsp3) is 0.860. The first-order chi connectivity index (χ1) is 26.7. The van der Waals surface area contributed by atoms with Gasteiger partial charge in [-0.2, -0.15) is 0 Å². The number of allylic oxidation sites excluding steroid dienone is 5. The van der Waals surface area contributed by atoms with Gasteiger partial charge in [0, 0.05) is 6.42 Å². The van der Waals surface area contributed by atoms with Gasteiger partial charge in [0.15, 0.2) is 0 Å². The summed E-state index contributed by atoms with van der Waals surface area (Å²) in [7, 11) is 0. The molecular formula is C50H95NO3. The van der Waals surface area contributed by atoms with Crippen molar-refractivity contribution in [3.05, 3.63) is 36.5 Å². The number of nitrogens with one attached hydrogen (secondary N) is 1. The maximum Gasteiger partial charge on any atom is 0.220 e. The van der Waals surface area contributed by atoms with Crippen LogP contribution in [-0.4, -0.2) is 34.9 Å². The molecule has 0 fully saturated rings. The Kier molecular flexibility index (Phi) is 44.8. The van der Waals surface area contributed by atoms with Crippen LogP contribution in [0.25, 0.3) is 0 Å². The Bertz CT molecular complexity index is 821. The molecule has 0 aliphatic heterocycles. The molecule has 318 valence electrons. The molecule has 0 rings (SSSR count). The standard InChI is InChI=1S/C50H95NO3/c1-3-5-7-9-11-12-13-14-15-16-17-18-19-20-21-22-23-24-25-26-27-28-29-30-31-32-33-34-35-36-37-38-40-42-44-46-50(54)51-48(47-52)49(53)45-43-41-39-10-8-6-4-2/h8,10,16-17,43,45,48-49,52-53H,3-7,9,11-15,18-42,44,46-47H2,1-2H3,(H,51,54)/b10-8+,17-16-,45-43+. The topological polar surface area (TPSA) is 69.6 Å². The molecule has 4 nitrogen and oxygen atoms in total. The molecule has 3 N–H and O–H groups in total. The van der Waals surface area contributed by atoms with Gasteiger partial charge >= 0.3 is 0 Å². The van der Waals surface area contributed by atoms with E-state index in [1.54, 1.807) is 6.08 Å². The first-order valence-electron chi connectivity index (χ1n) is 24.2. The molecule has 0 radical (unpaired) electrons. The Labute approximate surface area is 338 Å². The lowest BCUT2D eigenvalue weighted by Crippen LogP contribution is -2.45. The summed E-state index contributed by atoms with van der Waals surface area (Å²) in [4.78, 5) is 12.3. The summed E-state index contributed by atoms with van der Waals surface area (Å²) in [5.41, 5.74) is 0. The monoisotopic (exact) mass is 758 g/mol. The molecule has 0 bridgehead atoms. The van der Waals surface area contributed by atoms with Gasteiger partial charge in [-0.25, -0.2) is 0 Å². The molecule has 0 aromatic rings. The van der Waals surface area contributed by atoms with E-state index in [2.05, 4.69) is 43.5 Å². The lowest BCUT2D eigenvalue weighted by atomic mass is 10.0. The maximum atomic E-state index is 12.3. The Morgan fingerprint density at radius 1 is 0.426 bits per heavy atom. The zero-order valence-corrected chi connectivity index (χ0v) is 36.5. The van der Waals surface area contributed by atoms with Crippen molar-refractivity contribution in [3.8, 4) is 0 Å². The molecule has 0 aromatic heterocycles. The molecule has 1 amide bonds. The number of hydrogen-bond acceptors (Lipinski definition) is 3. The van der Waals surface area contributed by atoms with Crippen molar-refractivity contribution in [2.24, 2.45) is 0 Å². The molecule has 0 heterocycles.